The van der Waals surface area contributed by atoms with Gasteiger partial charge in [-0.1, -0.05) is 30.7 Å². The lowest BCUT2D eigenvalue weighted by Gasteiger charge is -2.28. The summed E-state index contributed by atoms with van der Waals surface area (Å²) in [6.07, 6.45) is 4.45. The molecule has 1 atom stereocenters. The fourth-order valence-corrected chi connectivity index (χ4v) is 6.28. The van der Waals surface area contributed by atoms with Gasteiger partial charge in [0.05, 0.1) is 21.7 Å². The number of nitrogens with one attached hydrogen (secondary N) is 1. The molecule has 1 aliphatic heterocycles. The first-order valence-electron chi connectivity index (χ1n) is 10.9. The Balaban J connectivity index is 0.00000341. The predicted octanol–water partition coefficient (Wildman–Crippen LogP) is 4.85. The molecular weight excluding hydrogens is 428 g/mol. The summed E-state index contributed by atoms with van der Waals surface area (Å²) < 4.78 is 22.0. The number of hydrogen-bond donors (Lipinski definition) is 1. The van der Waals surface area contributed by atoms with Gasteiger partial charge in [0.15, 0.2) is 0 Å². The Morgan fingerprint density at radius 2 is 1.81 bits per heavy atom. The lowest BCUT2D eigenvalue weighted by atomic mass is 10.00. The molecule has 1 N–H and O–H groups in total. The summed E-state index contributed by atoms with van der Waals surface area (Å²) in [6.45, 7) is 10.1. The Hall–Kier alpha value is -1.53. The second kappa shape index (κ2) is 11.4. The van der Waals surface area contributed by atoms with Crippen LogP contribution in [0.1, 0.15) is 47.1 Å². The number of halogens is 1. The summed E-state index contributed by atoms with van der Waals surface area (Å²) in [5, 5.41) is 0. The molecule has 1 heterocycles. The predicted molar refractivity (Wildman–Crippen MR) is 135 cm³/mol. The lowest BCUT2D eigenvalue weighted by molar-refractivity contribution is 0.248. The number of rotatable bonds is 9. The van der Waals surface area contributed by atoms with E-state index in [4.69, 9.17) is 4.74 Å². The first-order valence-corrected chi connectivity index (χ1v) is 12.6. The molecule has 0 aliphatic carbocycles. The average Bonchev–Trinajstić information content (AvgIpc) is 2.73. The Labute approximate surface area is 194 Å². The number of methoxy groups -OCH3 is 1. The third kappa shape index (κ3) is 6.26. The highest BCUT2D eigenvalue weighted by Crippen LogP contribution is 2.30. The zero-order valence-corrected chi connectivity index (χ0v) is 21.0. The van der Waals surface area contributed by atoms with Crippen molar-refractivity contribution in [3.05, 3.63) is 58.1 Å². The molecule has 4 nitrogen and oxygen atoms in total. The number of fused-ring (bicyclic) bond motifs is 1. The maximum atomic E-state index is 13.3. The Bertz CT molecular complexity index is 989. The standard InChI is InChI=1S/C25H36N2O2S.ClH/c1-19-17-24(29-4)20(2)21(3)25(19)30(5,28)26-14-9-6-10-15-27-16-13-22-11-7-8-12-23(22)18-27;/h7-8,11-12,17H,5-6,9-10,13-16,18H2,1-4H3,(H,26,28);1H. The van der Waals surface area contributed by atoms with Crippen LogP contribution in [-0.2, 0) is 22.7 Å². The third-order valence-electron chi connectivity index (χ3n) is 6.22. The van der Waals surface area contributed by atoms with Crippen LogP contribution in [0.5, 0.6) is 5.75 Å². The highest BCUT2D eigenvalue weighted by atomic mass is 35.5. The first kappa shape index (κ1) is 25.7. The molecule has 0 amide bonds. The normalized spacial score (nSPS) is 15.6. The van der Waals surface area contributed by atoms with Gasteiger partial charge in [-0.2, -0.15) is 0 Å². The molecule has 0 aromatic heterocycles. The number of unbranched alkanes of at least 4 members (excludes halogenated alkanes) is 2. The quantitative estimate of drug-likeness (QED) is 0.426. The van der Waals surface area contributed by atoms with Crippen molar-refractivity contribution in [2.45, 2.75) is 57.9 Å². The maximum absolute atomic E-state index is 13.3. The van der Waals surface area contributed by atoms with Gasteiger partial charge in [0, 0.05) is 19.6 Å². The van der Waals surface area contributed by atoms with Gasteiger partial charge in [0.2, 0.25) is 0 Å². The van der Waals surface area contributed by atoms with Crippen molar-refractivity contribution >= 4 is 28.0 Å². The van der Waals surface area contributed by atoms with Crippen LogP contribution in [0.15, 0.2) is 35.2 Å². The van der Waals surface area contributed by atoms with Crippen LogP contribution in [0.4, 0.5) is 0 Å². The van der Waals surface area contributed by atoms with Gasteiger partial charge in [-0.15, -0.1) is 12.4 Å². The summed E-state index contributed by atoms with van der Waals surface area (Å²) in [5.74, 6) is 4.88. The van der Waals surface area contributed by atoms with Crippen molar-refractivity contribution in [3.8, 4) is 5.75 Å². The zero-order chi connectivity index (χ0) is 21.7. The van der Waals surface area contributed by atoms with E-state index in [1.165, 1.54) is 17.5 Å². The highest BCUT2D eigenvalue weighted by molar-refractivity contribution is 7.98. The summed E-state index contributed by atoms with van der Waals surface area (Å²) >= 11 is 0. The number of nitrogens with zero attached hydrogens (tertiary/aromatic N) is 1. The van der Waals surface area contributed by atoms with Crippen molar-refractivity contribution in [2.24, 2.45) is 0 Å². The van der Waals surface area contributed by atoms with Crippen molar-refractivity contribution in [3.63, 3.8) is 0 Å². The number of benzene rings is 2. The van der Waals surface area contributed by atoms with Gasteiger partial charge >= 0.3 is 0 Å². The van der Waals surface area contributed by atoms with Crippen LogP contribution in [0.3, 0.4) is 0 Å². The molecule has 3 rings (SSSR count). The van der Waals surface area contributed by atoms with E-state index in [0.29, 0.717) is 0 Å². The van der Waals surface area contributed by atoms with E-state index in [1.54, 1.807) is 7.11 Å². The molecule has 1 aliphatic rings. The summed E-state index contributed by atoms with van der Waals surface area (Å²) in [6, 6.07) is 10.7. The van der Waals surface area contributed by atoms with E-state index in [0.717, 1.165) is 72.8 Å². The molecule has 1 unspecified atom stereocenters. The lowest BCUT2D eigenvalue weighted by Crippen LogP contribution is -2.31. The second-order valence-corrected chi connectivity index (χ2v) is 10.4. The van der Waals surface area contributed by atoms with E-state index >= 15 is 0 Å². The van der Waals surface area contributed by atoms with E-state index in [9.17, 15) is 4.21 Å². The molecule has 0 bridgehead atoms. The highest BCUT2D eigenvalue weighted by Gasteiger charge is 2.18. The van der Waals surface area contributed by atoms with E-state index < -0.39 is 9.71 Å². The van der Waals surface area contributed by atoms with E-state index in [2.05, 4.69) is 39.8 Å². The van der Waals surface area contributed by atoms with Crippen molar-refractivity contribution < 1.29 is 8.95 Å². The maximum Gasteiger partial charge on any atom is 0.122 e. The Morgan fingerprint density at radius 1 is 1.10 bits per heavy atom. The van der Waals surface area contributed by atoms with E-state index in [-0.39, 0.29) is 12.4 Å². The number of ether oxygens (including phenoxy) is 1. The van der Waals surface area contributed by atoms with Crippen molar-refractivity contribution in [1.29, 1.82) is 0 Å². The van der Waals surface area contributed by atoms with Crippen LogP contribution >= 0.6 is 12.4 Å². The molecule has 2 aromatic carbocycles. The minimum atomic E-state index is -2.53. The van der Waals surface area contributed by atoms with Crippen LogP contribution < -0.4 is 9.46 Å². The van der Waals surface area contributed by atoms with Gasteiger partial charge in [-0.25, -0.2) is 8.93 Å². The minimum absolute atomic E-state index is 0. The average molecular weight is 465 g/mol. The van der Waals surface area contributed by atoms with Gasteiger partial charge in [-0.3, -0.25) is 4.90 Å². The SMILES string of the molecule is C=S(=O)(NCCCCCN1CCc2ccccc2C1)c1c(C)cc(OC)c(C)c1C.Cl. The molecule has 0 saturated carbocycles. The molecule has 6 heteroatoms. The second-order valence-electron chi connectivity index (χ2n) is 8.40. The Morgan fingerprint density at radius 3 is 2.52 bits per heavy atom. The number of hydrogen-bond acceptors (Lipinski definition) is 3. The van der Waals surface area contributed by atoms with Crippen LogP contribution in [0, 0.1) is 20.8 Å². The molecule has 0 fully saturated rings. The molecular formula is C25H37ClN2O2S. The molecule has 31 heavy (non-hydrogen) atoms. The summed E-state index contributed by atoms with van der Waals surface area (Å²) in [4.78, 5) is 3.38. The van der Waals surface area contributed by atoms with Gasteiger partial charge in [0.25, 0.3) is 0 Å². The monoisotopic (exact) mass is 464 g/mol. The zero-order valence-electron chi connectivity index (χ0n) is 19.3. The largest absolute Gasteiger partial charge is 0.496 e. The first-order chi connectivity index (χ1) is 14.3. The topological polar surface area (TPSA) is 41.6 Å². The molecule has 2 aromatic rings. The van der Waals surface area contributed by atoms with Gasteiger partial charge in [-0.05, 0) is 86.3 Å². The fraction of sp³-hybridized carbons (Fsp3) is 0.480. The number of aryl methyl sites for hydroxylation is 1. The molecule has 172 valence electrons. The van der Waals surface area contributed by atoms with Crippen LogP contribution in [0.2, 0.25) is 0 Å². The van der Waals surface area contributed by atoms with Gasteiger partial charge < -0.3 is 4.74 Å². The third-order valence-corrected chi connectivity index (χ3v) is 8.18. The Kier molecular flexibility index (Phi) is 9.44. The van der Waals surface area contributed by atoms with Crippen molar-refractivity contribution in [1.82, 2.24) is 9.62 Å². The van der Waals surface area contributed by atoms with E-state index in [1.807, 2.05) is 26.8 Å². The van der Waals surface area contributed by atoms with Gasteiger partial charge in [0.1, 0.15) is 5.75 Å². The molecule has 0 saturated heterocycles. The molecule has 0 radical (unpaired) electrons. The van der Waals surface area contributed by atoms with Crippen molar-refractivity contribution in [2.75, 3.05) is 26.7 Å². The summed E-state index contributed by atoms with van der Waals surface area (Å²) in [5.41, 5.74) is 5.97. The fourth-order valence-electron chi connectivity index (χ4n) is 4.43. The van der Waals surface area contributed by atoms with Crippen LogP contribution in [0.25, 0.3) is 0 Å². The van der Waals surface area contributed by atoms with Crippen LogP contribution in [-0.4, -0.2) is 41.7 Å². The minimum Gasteiger partial charge on any atom is -0.496 e. The molecule has 0 spiro atoms. The smallest absolute Gasteiger partial charge is 0.122 e. The summed E-state index contributed by atoms with van der Waals surface area (Å²) in [7, 11) is -0.856.